The number of para-hydroxylation sites is 1. The van der Waals surface area contributed by atoms with E-state index in [1.165, 1.54) is 19.3 Å². The Balaban J connectivity index is 1.93. The van der Waals surface area contributed by atoms with Crippen LogP contribution in [0.3, 0.4) is 0 Å². The number of nitro groups is 1. The molecule has 1 saturated heterocycles. The Kier molecular flexibility index (Phi) is 4.74. The van der Waals surface area contributed by atoms with Crippen molar-refractivity contribution in [2.24, 2.45) is 0 Å². The zero-order valence-electron chi connectivity index (χ0n) is 11.4. The molecular formula is C14H21N3O2. The normalized spacial score (nSPS) is 16.3. The number of anilines is 1. The van der Waals surface area contributed by atoms with E-state index in [2.05, 4.69) is 10.2 Å². The molecule has 104 valence electrons. The smallest absolute Gasteiger partial charge is 0.292 e. The molecule has 5 heteroatoms. The lowest BCUT2D eigenvalue weighted by molar-refractivity contribution is -0.384. The van der Waals surface area contributed by atoms with Crippen LogP contribution in [0.1, 0.15) is 24.8 Å². The molecule has 1 fully saturated rings. The average molecular weight is 263 g/mol. The van der Waals surface area contributed by atoms with E-state index in [1.54, 1.807) is 12.1 Å². The molecule has 5 nitrogen and oxygen atoms in total. The summed E-state index contributed by atoms with van der Waals surface area (Å²) in [5.74, 6) is 0. The van der Waals surface area contributed by atoms with Gasteiger partial charge in [0, 0.05) is 19.2 Å². The van der Waals surface area contributed by atoms with E-state index in [0.717, 1.165) is 31.7 Å². The first-order valence-electron chi connectivity index (χ1n) is 6.89. The standard InChI is InChI=1S/C14H21N3O2/c1-12-6-5-7-13(17(18)19)14(12)15-8-11-16-9-3-2-4-10-16/h5-7,15H,2-4,8-11H2,1H3. The molecule has 1 heterocycles. The number of rotatable bonds is 5. The van der Waals surface area contributed by atoms with E-state index in [4.69, 9.17) is 0 Å². The Morgan fingerprint density at radius 3 is 2.74 bits per heavy atom. The van der Waals surface area contributed by atoms with Gasteiger partial charge in [0.1, 0.15) is 5.69 Å². The molecule has 0 atom stereocenters. The Morgan fingerprint density at radius 2 is 2.05 bits per heavy atom. The summed E-state index contributed by atoms with van der Waals surface area (Å²) >= 11 is 0. The molecule has 19 heavy (non-hydrogen) atoms. The summed E-state index contributed by atoms with van der Waals surface area (Å²) < 4.78 is 0. The van der Waals surface area contributed by atoms with E-state index in [0.29, 0.717) is 5.69 Å². The van der Waals surface area contributed by atoms with Gasteiger partial charge in [-0.1, -0.05) is 18.6 Å². The second-order valence-electron chi connectivity index (χ2n) is 5.06. The first-order valence-corrected chi connectivity index (χ1v) is 6.89. The number of likely N-dealkylation sites (tertiary alicyclic amines) is 1. The third-order valence-corrected chi connectivity index (χ3v) is 3.63. The molecule has 1 aromatic carbocycles. The van der Waals surface area contributed by atoms with Crippen LogP contribution in [0.5, 0.6) is 0 Å². The lowest BCUT2D eigenvalue weighted by atomic mass is 10.1. The summed E-state index contributed by atoms with van der Waals surface area (Å²) in [6, 6.07) is 5.18. The van der Waals surface area contributed by atoms with E-state index in [-0.39, 0.29) is 10.6 Å². The first-order chi connectivity index (χ1) is 9.18. The predicted molar refractivity (Wildman–Crippen MR) is 76.6 cm³/mol. The molecule has 1 N–H and O–H groups in total. The minimum absolute atomic E-state index is 0.165. The number of benzene rings is 1. The maximum atomic E-state index is 11.0. The topological polar surface area (TPSA) is 58.4 Å². The molecule has 0 saturated carbocycles. The summed E-state index contributed by atoms with van der Waals surface area (Å²) in [4.78, 5) is 13.1. The number of hydrogen-bond acceptors (Lipinski definition) is 4. The summed E-state index contributed by atoms with van der Waals surface area (Å²) in [7, 11) is 0. The van der Waals surface area contributed by atoms with Gasteiger partial charge in [-0.3, -0.25) is 10.1 Å². The van der Waals surface area contributed by atoms with Crippen LogP contribution in [-0.4, -0.2) is 36.0 Å². The van der Waals surface area contributed by atoms with Crippen molar-refractivity contribution in [3.05, 3.63) is 33.9 Å². The van der Waals surface area contributed by atoms with Crippen molar-refractivity contribution in [2.75, 3.05) is 31.5 Å². The van der Waals surface area contributed by atoms with Crippen LogP contribution in [0.2, 0.25) is 0 Å². The van der Waals surface area contributed by atoms with Crippen LogP contribution < -0.4 is 5.32 Å². The van der Waals surface area contributed by atoms with Crippen molar-refractivity contribution in [3.63, 3.8) is 0 Å². The van der Waals surface area contributed by atoms with Gasteiger partial charge in [-0.2, -0.15) is 0 Å². The van der Waals surface area contributed by atoms with E-state index < -0.39 is 0 Å². The minimum atomic E-state index is -0.323. The highest BCUT2D eigenvalue weighted by atomic mass is 16.6. The molecule has 2 rings (SSSR count). The summed E-state index contributed by atoms with van der Waals surface area (Å²) in [6.45, 7) is 5.91. The second-order valence-corrected chi connectivity index (χ2v) is 5.06. The average Bonchev–Trinajstić information content (AvgIpc) is 2.41. The monoisotopic (exact) mass is 263 g/mol. The van der Waals surface area contributed by atoms with E-state index in [9.17, 15) is 10.1 Å². The molecule has 0 spiro atoms. The number of nitrogens with zero attached hydrogens (tertiary/aromatic N) is 2. The number of aryl methyl sites for hydroxylation is 1. The highest BCUT2D eigenvalue weighted by Gasteiger charge is 2.15. The van der Waals surface area contributed by atoms with Crippen molar-refractivity contribution in [1.29, 1.82) is 0 Å². The van der Waals surface area contributed by atoms with Crippen LogP contribution >= 0.6 is 0 Å². The van der Waals surface area contributed by atoms with Crippen LogP contribution in [0.4, 0.5) is 11.4 Å². The molecule has 0 bridgehead atoms. The lowest BCUT2D eigenvalue weighted by Crippen LogP contribution is -2.33. The first kappa shape index (κ1) is 13.8. The van der Waals surface area contributed by atoms with Gasteiger partial charge in [0.2, 0.25) is 0 Å². The third kappa shape index (κ3) is 3.67. The van der Waals surface area contributed by atoms with Crippen LogP contribution in [-0.2, 0) is 0 Å². The van der Waals surface area contributed by atoms with Crippen LogP contribution in [0.25, 0.3) is 0 Å². The second kappa shape index (κ2) is 6.52. The Bertz CT molecular complexity index is 442. The largest absolute Gasteiger partial charge is 0.378 e. The molecule has 0 aliphatic carbocycles. The van der Waals surface area contributed by atoms with Gasteiger partial charge >= 0.3 is 0 Å². The fourth-order valence-corrected chi connectivity index (χ4v) is 2.56. The molecule has 0 radical (unpaired) electrons. The highest BCUT2D eigenvalue weighted by molar-refractivity contribution is 5.65. The van der Waals surface area contributed by atoms with E-state index >= 15 is 0 Å². The Labute approximate surface area is 113 Å². The van der Waals surface area contributed by atoms with Crippen molar-refractivity contribution < 1.29 is 4.92 Å². The molecule has 0 unspecified atom stereocenters. The van der Waals surface area contributed by atoms with Crippen molar-refractivity contribution in [2.45, 2.75) is 26.2 Å². The Morgan fingerprint density at radius 1 is 1.32 bits per heavy atom. The van der Waals surface area contributed by atoms with Gasteiger partial charge < -0.3 is 10.2 Å². The van der Waals surface area contributed by atoms with Crippen LogP contribution in [0.15, 0.2) is 18.2 Å². The summed E-state index contributed by atoms with van der Waals surface area (Å²) in [6.07, 6.45) is 3.86. The maximum Gasteiger partial charge on any atom is 0.292 e. The van der Waals surface area contributed by atoms with Gasteiger partial charge in [0.15, 0.2) is 0 Å². The molecular weight excluding hydrogens is 242 g/mol. The number of nitro benzene ring substituents is 1. The van der Waals surface area contributed by atoms with E-state index in [1.807, 2.05) is 13.0 Å². The third-order valence-electron chi connectivity index (χ3n) is 3.63. The fraction of sp³-hybridized carbons (Fsp3) is 0.571. The van der Waals surface area contributed by atoms with Gasteiger partial charge in [0.25, 0.3) is 5.69 Å². The number of hydrogen-bond donors (Lipinski definition) is 1. The number of piperidine rings is 1. The molecule has 1 aliphatic rings. The van der Waals surface area contributed by atoms with Gasteiger partial charge in [0.05, 0.1) is 4.92 Å². The van der Waals surface area contributed by atoms with Crippen LogP contribution in [0, 0.1) is 17.0 Å². The zero-order chi connectivity index (χ0) is 13.7. The zero-order valence-corrected chi connectivity index (χ0v) is 11.4. The van der Waals surface area contributed by atoms with Gasteiger partial charge in [-0.25, -0.2) is 0 Å². The molecule has 1 aromatic rings. The Hall–Kier alpha value is -1.62. The summed E-state index contributed by atoms with van der Waals surface area (Å²) in [5, 5.41) is 14.2. The van der Waals surface area contributed by atoms with Crippen molar-refractivity contribution in [1.82, 2.24) is 4.90 Å². The highest BCUT2D eigenvalue weighted by Crippen LogP contribution is 2.27. The minimum Gasteiger partial charge on any atom is -0.378 e. The van der Waals surface area contributed by atoms with Gasteiger partial charge in [-0.15, -0.1) is 0 Å². The predicted octanol–water partition coefficient (Wildman–Crippen LogP) is 2.80. The summed E-state index contributed by atoms with van der Waals surface area (Å²) in [5.41, 5.74) is 1.75. The SMILES string of the molecule is Cc1cccc([N+](=O)[O-])c1NCCN1CCCCC1. The number of nitrogens with one attached hydrogen (secondary N) is 1. The molecule has 1 aliphatic heterocycles. The van der Waals surface area contributed by atoms with Crippen molar-refractivity contribution in [3.8, 4) is 0 Å². The maximum absolute atomic E-state index is 11.0. The molecule has 0 amide bonds. The quantitative estimate of drug-likeness (QED) is 0.655. The van der Waals surface area contributed by atoms with Crippen molar-refractivity contribution >= 4 is 11.4 Å². The lowest BCUT2D eigenvalue weighted by Gasteiger charge is -2.26. The molecule has 0 aromatic heterocycles. The fourth-order valence-electron chi connectivity index (χ4n) is 2.56. The van der Waals surface area contributed by atoms with Gasteiger partial charge in [-0.05, 0) is 38.4 Å².